The van der Waals surface area contributed by atoms with Crippen LogP contribution < -0.4 is 0 Å². The van der Waals surface area contributed by atoms with Crippen molar-refractivity contribution in [1.82, 2.24) is 9.55 Å². The van der Waals surface area contributed by atoms with Crippen LogP contribution >= 0.6 is 28.1 Å². The smallest absolute Gasteiger partial charge is 0.184 e. The van der Waals surface area contributed by atoms with Crippen LogP contribution in [0.1, 0.15) is 5.56 Å². The van der Waals surface area contributed by atoms with Gasteiger partial charge in [0.05, 0.1) is 16.8 Å². The summed E-state index contributed by atoms with van der Waals surface area (Å²) in [6.45, 7) is 0. The predicted octanol–water partition coefficient (Wildman–Crippen LogP) is 4.60. The standard InChI is InChI=1S/C14H6BrF2N3S/c15-8-2-1-7(6-18)11(5-8)20-13-10(19-14(20)21)4-3-9(16)12(13)17/h1-5H,(H,19,21). The minimum atomic E-state index is -1.01. The third kappa shape index (κ3) is 2.17. The van der Waals surface area contributed by atoms with Gasteiger partial charge in [-0.05, 0) is 42.5 Å². The number of aromatic amines is 1. The highest BCUT2D eigenvalue weighted by molar-refractivity contribution is 9.10. The zero-order valence-electron chi connectivity index (χ0n) is 10.3. The average Bonchev–Trinajstić information content (AvgIpc) is 2.80. The maximum absolute atomic E-state index is 14.1. The number of benzene rings is 2. The van der Waals surface area contributed by atoms with Crippen molar-refractivity contribution in [2.45, 2.75) is 0 Å². The number of H-pyrrole nitrogens is 1. The SMILES string of the molecule is N#Cc1ccc(Br)cc1-n1c(=S)[nH]c2ccc(F)c(F)c21. The summed E-state index contributed by atoms with van der Waals surface area (Å²) in [5, 5.41) is 9.20. The molecule has 0 fully saturated rings. The van der Waals surface area contributed by atoms with Gasteiger partial charge in [0.2, 0.25) is 0 Å². The first kappa shape index (κ1) is 13.9. The lowest BCUT2D eigenvalue weighted by atomic mass is 10.2. The zero-order valence-corrected chi connectivity index (χ0v) is 12.7. The van der Waals surface area contributed by atoms with Crippen molar-refractivity contribution in [1.29, 1.82) is 5.26 Å². The molecule has 3 aromatic rings. The van der Waals surface area contributed by atoms with E-state index < -0.39 is 11.6 Å². The fourth-order valence-corrected chi connectivity index (χ4v) is 2.79. The Hall–Kier alpha value is -2.04. The molecule has 0 amide bonds. The molecule has 0 saturated heterocycles. The van der Waals surface area contributed by atoms with Crippen LogP contribution in [0.15, 0.2) is 34.8 Å². The minimum absolute atomic E-state index is 0.0189. The van der Waals surface area contributed by atoms with E-state index in [0.29, 0.717) is 21.2 Å². The lowest BCUT2D eigenvalue weighted by molar-refractivity contribution is 0.514. The summed E-state index contributed by atoms with van der Waals surface area (Å²) in [5.41, 5.74) is 1.03. The van der Waals surface area contributed by atoms with Crippen molar-refractivity contribution in [2.24, 2.45) is 0 Å². The molecule has 21 heavy (non-hydrogen) atoms. The van der Waals surface area contributed by atoms with Crippen LogP contribution in [0.5, 0.6) is 0 Å². The lowest BCUT2D eigenvalue weighted by Gasteiger charge is -2.08. The largest absolute Gasteiger partial charge is 0.330 e. The Morgan fingerprint density at radius 3 is 2.71 bits per heavy atom. The Morgan fingerprint density at radius 1 is 1.24 bits per heavy atom. The quantitative estimate of drug-likeness (QED) is 0.640. The van der Waals surface area contributed by atoms with Gasteiger partial charge in [0, 0.05) is 4.47 Å². The van der Waals surface area contributed by atoms with Gasteiger partial charge in [0.15, 0.2) is 16.4 Å². The minimum Gasteiger partial charge on any atom is -0.330 e. The van der Waals surface area contributed by atoms with Crippen molar-refractivity contribution >= 4 is 39.2 Å². The summed E-state index contributed by atoms with van der Waals surface area (Å²) in [4.78, 5) is 2.81. The van der Waals surface area contributed by atoms with Crippen molar-refractivity contribution in [2.75, 3.05) is 0 Å². The molecule has 1 aromatic heterocycles. The summed E-state index contributed by atoms with van der Waals surface area (Å²) >= 11 is 8.48. The summed E-state index contributed by atoms with van der Waals surface area (Å²) < 4.78 is 29.9. The number of nitriles is 1. The molecule has 7 heteroatoms. The first-order chi connectivity index (χ1) is 10.0. The van der Waals surface area contributed by atoms with E-state index in [9.17, 15) is 14.0 Å². The van der Waals surface area contributed by atoms with Crippen LogP contribution in [-0.4, -0.2) is 9.55 Å². The summed E-state index contributed by atoms with van der Waals surface area (Å²) in [5.74, 6) is -1.98. The predicted molar refractivity (Wildman–Crippen MR) is 80.8 cm³/mol. The topological polar surface area (TPSA) is 44.5 Å². The number of hydrogen-bond acceptors (Lipinski definition) is 2. The molecule has 0 saturated carbocycles. The summed E-state index contributed by atoms with van der Waals surface area (Å²) in [6, 6.07) is 9.36. The van der Waals surface area contributed by atoms with Crippen LogP contribution in [-0.2, 0) is 0 Å². The molecule has 104 valence electrons. The van der Waals surface area contributed by atoms with E-state index in [2.05, 4.69) is 20.9 Å². The summed E-state index contributed by atoms with van der Waals surface area (Å²) in [7, 11) is 0. The van der Waals surface area contributed by atoms with Crippen molar-refractivity contribution < 1.29 is 8.78 Å². The molecule has 0 atom stereocenters. The van der Waals surface area contributed by atoms with Gasteiger partial charge >= 0.3 is 0 Å². The molecule has 2 aromatic carbocycles. The average molecular weight is 366 g/mol. The Morgan fingerprint density at radius 2 is 2.00 bits per heavy atom. The molecule has 0 aliphatic carbocycles. The molecule has 3 nitrogen and oxygen atoms in total. The van der Waals surface area contributed by atoms with Crippen LogP contribution in [0, 0.1) is 27.7 Å². The highest BCUT2D eigenvalue weighted by Gasteiger charge is 2.17. The number of nitrogens with zero attached hydrogens (tertiary/aromatic N) is 2. The lowest BCUT2D eigenvalue weighted by Crippen LogP contribution is -2.00. The molecular weight excluding hydrogens is 360 g/mol. The second-order valence-corrected chi connectivity index (χ2v) is 5.60. The maximum Gasteiger partial charge on any atom is 0.184 e. The van der Waals surface area contributed by atoms with Crippen LogP contribution in [0.2, 0.25) is 0 Å². The van der Waals surface area contributed by atoms with E-state index in [0.717, 1.165) is 6.07 Å². The molecule has 3 rings (SSSR count). The first-order valence-corrected chi connectivity index (χ1v) is 7.02. The Kier molecular flexibility index (Phi) is 3.35. The third-order valence-corrected chi connectivity index (χ3v) is 3.84. The van der Waals surface area contributed by atoms with Crippen molar-refractivity contribution in [3.63, 3.8) is 0 Å². The van der Waals surface area contributed by atoms with E-state index in [1.807, 2.05) is 6.07 Å². The van der Waals surface area contributed by atoms with E-state index in [1.165, 1.54) is 10.6 Å². The monoisotopic (exact) mass is 365 g/mol. The van der Waals surface area contributed by atoms with Gasteiger partial charge in [-0.1, -0.05) is 15.9 Å². The molecule has 0 unspecified atom stereocenters. The molecular formula is C14H6BrF2N3S. The van der Waals surface area contributed by atoms with Gasteiger partial charge in [0.1, 0.15) is 11.6 Å². The molecule has 0 bridgehead atoms. The van der Waals surface area contributed by atoms with E-state index in [4.69, 9.17) is 12.2 Å². The van der Waals surface area contributed by atoms with Gasteiger partial charge in [-0.2, -0.15) is 5.26 Å². The molecule has 0 aliphatic rings. The number of halogens is 3. The fourth-order valence-electron chi connectivity index (χ4n) is 2.15. The second-order valence-electron chi connectivity index (χ2n) is 4.30. The maximum atomic E-state index is 14.1. The second kappa shape index (κ2) is 5.06. The van der Waals surface area contributed by atoms with Crippen LogP contribution in [0.4, 0.5) is 8.78 Å². The van der Waals surface area contributed by atoms with Crippen molar-refractivity contribution in [3.8, 4) is 11.8 Å². The Balaban J connectivity index is 2.50. The third-order valence-electron chi connectivity index (χ3n) is 3.06. The van der Waals surface area contributed by atoms with E-state index in [1.54, 1.807) is 18.2 Å². The normalized spacial score (nSPS) is 10.8. The molecule has 0 aliphatic heterocycles. The van der Waals surface area contributed by atoms with E-state index >= 15 is 0 Å². The number of nitrogens with one attached hydrogen (secondary N) is 1. The molecule has 0 spiro atoms. The fraction of sp³-hybridized carbons (Fsp3) is 0. The zero-order chi connectivity index (χ0) is 15.1. The molecule has 1 N–H and O–H groups in total. The number of rotatable bonds is 1. The number of hydrogen-bond donors (Lipinski definition) is 1. The number of aromatic nitrogens is 2. The molecule has 1 heterocycles. The van der Waals surface area contributed by atoms with Gasteiger partial charge < -0.3 is 4.98 Å². The molecule has 0 radical (unpaired) electrons. The van der Waals surface area contributed by atoms with E-state index in [-0.39, 0.29) is 10.3 Å². The number of imidazole rings is 1. The highest BCUT2D eigenvalue weighted by Crippen LogP contribution is 2.27. The highest BCUT2D eigenvalue weighted by atomic mass is 79.9. The first-order valence-electron chi connectivity index (χ1n) is 5.81. The van der Waals surface area contributed by atoms with Gasteiger partial charge in [-0.3, -0.25) is 4.57 Å². The van der Waals surface area contributed by atoms with Crippen LogP contribution in [0.3, 0.4) is 0 Å². The van der Waals surface area contributed by atoms with Gasteiger partial charge in [-0.15, -0.1) is 0 Å². The number of fused-ring (bicyclic) bond motifs is 1. The Labute approximate surface area is 131 Å². The summed E-state index contributed by atoms with van der Waals surface area (Å²) in [6.07, 6.45) is 0. The van der Waals surface area contributed by atoms with Gasteiger partial charge in [0.25, 0.3) is 0 Å². The van der Waals surface area contributed by atoms with Gasteiger partial charge in [-0.25, -0.2) is 8.78 Å². The van der Waals surface area contributed by atoms with Crippen LogP contribution in [0.25, 0.3) is 16.7 Å². The van der Waals surface area contributed by atoms with Crippen molar-refractivity contribution in [3.05, 3.63) is 56.8 Å². The Bertz CT molecular complexity index is 969.